The van der Waals surface area contributed by atoms with Crippen molar-refractivity contribution in [3.63, 3.8) is 0 Å². The van der Waals surface area contributed by atoms with Crippen LogP contribution in [0.1, 0.15) is 13.8 Å². The van der Waals surface area contributed by atoms with Crippen LogP contribution in [0.3, 0.4) is 0 Å². The van der Waals surface area contributed by atoms with Crippen LogP contribution in [-0.2, 0) is 14.6 Å². The molecule has 5 heteroatoms. The van der Waals surface area contributed by atoms with E-state index >= 15 is 0 Å². The molecule has 1 saturated carbocycles. The molecule has 0 amide bonds. The van der Waals surface area contributed by atoms with E-state index in [4.69, 9.17) is 5.11 Å². The second-order valence-corrected chi connectivity index (χ2v) is 6.42. The zero-order valence-corrected chi connectivity index (χ0v) is 9.26. The first-order valence-corrected chi connectivity index (χ1v) is 6.11. The molecule has 2 unspecified atom stereocenters. The van der Waals surface area contributed by atoms with Gasteiger partial charge in [0.1, 0.15) is 0 Å². The second kappa shape index (κ2) is 2.82. The molecule has 0 saturated heterocycles. The highest BCUT2D eigenvalue weighted by atomic mass is 32.2. The molecule has 1 aliphatic rings. The molecule has 2 atom stereocenters. The SMILES string of the molecule is C=C(C1C(C(=O)O)C1(C)C)S(C)(=O)=O. The van der Waals surface area contributed by atoms with Crippen LogP contribution in [0.5, 0.6) is 0 Å². The monoisotopic (exact) mass is 218 g/mol. The average Bonchev–Trinajstić information content (AvgIpc) is 2.49. The zero-order valence-electron chi connectivity index (χ0n) is 8.44. The molecule has 80 valence electrons. The number of carboxylic acid groups (broad SMARTS) is 1. The lowest BCUT2D eigenvalue weighted by Gasteiger charge is -2.03. The van der Waals surface area contributed by atoms with Gasteiger partial charge < -0.3 is 5.11 Å². The molecule has 1 fully saturated rings. The van der Waals surface area contributed by atoms with Gasteiger partial charge in [-0.05, 0) is 5.41 Å². The van der Waals surface area contributed by atoms with E-state index in [0.717, 1.165) is 6.26 Å². The van der Waals surface area contributed by atoms with E-state index in [2.05, 4.69) is 6.58 Å². The Morgan fingerprint density at radius 1 is 1.36 bits per heavy atom. The summed E-state index contributed by atoms with van der Waals surface area (Å²) in [5.41, 5.74) is -0.494. The normalized spacial score (nSPS) is 29.6. The van der Waals surface area contributed by atoms with Gasteiger partial charge in [0.05, 0.1) is 5.92 Å². The van der Waals surface area contributed by atoms with E-state index in [9.17, 15) is 13.2 Å². The number of carboxylic acids is 1. The number of allylic oxidation sites excluding steroid dienone is 1. The van der Waals surface area contributed by atoms with Crippen molar-refractivity contribution in [2.75, 3.05) is 6.26 Å². The molecule has 0 aromatic heterocycles. The Kier molecular flexibility index (Phi) is 2.27. The molecule has 0 bridgehead atoms. The Balaban J connectivity index is 2.96. The number of aliphatic carboxylic acids is 1. The predicted molar refractivity (Wildman–Crippen MR) is 52.4 cm³/mol. The Morgan fingerprint density at radius 2 is 1.79 bits per heavy atom. The van der Waals surface area contributed by atoms with Crippen LogP contribution in [0.15, 0.2) is 11.5 Å². The first-order valence-electron chi connectivity index (χ1n) is 4.22. The van der Waals surface area contributed by atoms with Gasteiger partial charge in [-0.15, -0.1) is 0 Å². The third kappa shape index (κ3) is 1.56. The van der Waals surface area contributed by atoms with E-state index in [0.29, 0.717) is 0 Å². The van der Waals surface area contributed by atoms with Gasteiger partial charge in [0.2, 0.25) is 0 Å². The first-order chi connectivity index (χ1) is 6.10. The van der Waals surface area contributed by atoms with Crippen molar-refractivity contribution in [1.29, 1.82) is 0 Å². The largest absolute Gasteiger partial charge is 0.481 e. The minimum absolute atomic E-state index is 0.0369. The molecule has 1 N–H and O–H groups in total. The Labute approximate surface area is 83.5 Å². The Morgan fingerprint density at radius 3 is 2.00 bits per heavy atom. The van der Waals surface area contributed by atoms with E-state index < -0.39 is 33.1 Å². The van der Waals surface area contributed by atoms with Crippen molar-refractivity contribution >= 4 is 15.8 Å². The fourth-order valence-corrected chi connectivity index (χ4v) is 2.83. The van der Waals surface area contributed by atoms with Crippen molar-refractivity contribution in [1.82, 2.24) is 0 Å². The highest BCUT2D eigenvalue weighted by Crippen LogP contribution is 2.62. The summed E-state index contributed by atoms with van der Waals surface area (Å²) in [5, 5.41) is 8.84. The molecule has 0 aromatic carbocycles. The molecule has 0 aliphatic heterocycles. The van der Waals surface area contributed by atoms with Crippen molar-refractivity contribution in [3.05, 3.63) is 11.5 Å². The summed E-state index contributed by atoms with van der Waals surface area (Å²) in [5.74, 6) is -2.02. The average molecular weight is 218 g/mol. The van der Waals surface area contributed by atoms with E-state index in [1.54, 1.807) is 13.8 Å². The van der Waals surface area contributed by atoms with Gasteiger partial charge in [-0.3, -0.25) is 4.79 Å². The van der Waals surface area contributed by atoms with Gasteiger partial charge in [-0.2, -0.15) is 0 Å². The van der Waals surface area contributed by atoms with Crippen molar-refractivity contribution < 1.29 is 18.3 Å². The number of hydrogen-bond donors (Lipinski definition) is 1. The molecule has 0 aromatic rings. The molecular formula is C9H14O4S. The predicted octanol–water partition coefficient (Wildman–Crippen LogP) is 0.901. The summed E-state index contributed by atoms with van der Waals surface area (Å²) >= 11 is 0. The Bertz CT molecular complexity index is 391. The van der Waals surface area contributed by atoms with Gasteiger partial charge >= 0.3 is 5.97 Å². The summed E-state index contributed by atoms with van der Waals surface area (Å²) in [7, 11) is -3.33. The van der Waals surface area contributed by atoms with Crippen LogP contribution in [0.25, 0.3) is 0 Å². The summed E-state index contributed by atoms with van der Waals surface area (Å²) in [6, 6.07) is 0. The van der Waals surface area contributed by atoms with Crippen LogP contribution in [-0.4, -0.2) is 25.7 Å². The maximum Gasteiger partial charge on any atom is 0.307 e. The summed E-state index contributed by atoms with van der Waals surface area (Å²) in [6.45, 7) is 6.95. The second-order valence-electron chi connectivity index (χ2n) is 4.35. The number of hydrogen-bond acceptors (Lipinski definition) is 3. The molecule has 0 radical (unpaired) electrons. The minimum Gasteiger partial charge on any atom is -0.481 e. The number of rotatable bonds is 3. The van der Waals surface area contributed by atoms with Crippen molar-refractivity contribution in [3.8, 4) is 0 Å². The lowest BCUT2D eigenvalue weighted by Crippen LogP contribution is -2.06. The molecule has 14 heavy (non-hydrogen) atoms. The smallest absolute Gasteiger partial charge is 0.307 e. The third-order valence-electron chi connectivity index (χ3n) is 2.92. The number of sulfone groups is 1. The van der Waals surface area contributed by atoms with Crippen LogP contribution in [0.2, 0.25) is 0 Å². The third-order valence-corrected chi connectivity index (χ3v) is 4.12. The summed E-state index contributed by atoms with van der Waals surface area (Å²) < 4.78 is 22.4. The van der Waals surface area contributed by atoms with Gasteiger partial charge in [0.25, 0.3) is 0 Å². The quantitative estimate of drug-likeness (QED) is 0.764. The fourth-order valence-electron chi connectivity index (χ4n) is 1.93. The van der Waals surface area contributed by atoms with Crippen LogP contribution < -0.4 is 0 Å². The fraction of sp³-hybridized carbons (Fsp3) is 0.667. The highest BCUT2D eigenvalue weighted by molar-refractivity contribution is 7.94. The Hall–Kier alpha value is -0.840. The maximum absolute atomic E-state index is 11.2. The van der Waals surface area contributed by atoms with Gasteiger partial charge in [0.15, 0.2) is 9.84 Å². The first kappa shape index (κ1) is 11.2. The lowest BCUT2D eigenvalue weighted by molar-refractivity contribution is -0.139. The van der Waals surface area contributed by atoms with Crippen LogP contribution in [0, 0.1) is 17.3 Å². The molecule has 1 rings (SSSR count). The standard InChI is InChI=1S/C9H14O4S/c1-5(14(4,12)13)6-7(8(10)11)9(6,2)3/h6-7H,1H2,2-4H3,(H,10,11). The molecule has 4 nitrogen and oxygen atoms in total. The van der Waals surface area contributed by atoms with Crippen LogP contribution >= 0.6 is 0 Å². The molecular weight excluding hydrogens is 204 g/mol. The zero-order chi connectivity index (χ0) is 11.3. The minimum atomic E-state index is -3.33. The topological polar surface area (TPSA) is 71.4 Å². The summed E-state index contributed by atoms with van der Waals surface area (Å²) in [6.07, 6.45) is 1.06. The lowest BCUT2D eigenvalue weighted by atomic mass is 10.1. The van der Waals surface area contributed by atoms with Gasteiger partial charge in [-0.25, -0.2) is 8.42 Å². The van der Waals surface area contributed by atoms with Crippen molar-refractivity contribution in [2.45, 2.75) is 13.8 Å². The van der Waals surface area contributed by atoms with Crippen LogP contribution in [0.4, 0.5) is 0 Å². The van der Waals surface area contributed by atoms with E-state index in [1.807, 2.05) is 0 Å². The van der Waals surface area contributed by atoms with Gasteiger partial charge in [-0.1, -0.05) is 20.4 Å². The molecule has 0 heterocycles. The highest BCUT2D eigenvalue weighted by Gasteiger charge is 2.64. The van der Waals surface area contributed by atoms with Crippen molar-refractivity contribution in [2.24, 2.45) is 17.3 Å². The van der Waals surface area contributed by atoms with Gasteiger partial charge in [0, 0.05) is 17.1 Å². The molecule has 1 aliphatic carbocycles. The van der Waals surface area contributed by atoms with E-state index in [-0.39, 0.29) is 4.91 Å². The molecule has 0 spiro atoms. The van der Waals surface area contributed by atoms with E-state index in [1.165, 1.54) is 0 Å². The maximum atomic E-state index is 11.2. The summed E-state index contributed by atoms with van der Waals surface area (Å²) in [4.78, 5) is 10.8. The number of carbonyl (C=O) groups is 1.